The number of hydrogen-bond donors (Lipinski definition) is 0. The van der Waals surface area contributed by atoms with E-state index in [9.17, 15) is 9.18 Å². The average molecular weight is 402 g/mol. The summed E-state index contributed by atoms with van der Waals surface area (Å²) in [5.41, 5.74) is 2.27. The molecule has 1 aromatic heterocycles. The third-order valence-corrected chi connectivity index (χ3v) is 4.75. The molecule has 0 unspecified atom stereocenters. The number of ether oxygens (including phenoxy) is 2. The van der Waals surface area contributed by atoms with Crippen LogP contribution < -0.4 is 9.47 Å². The number of aromatic nitrogens is 2. The van der Waals surface area contributed by atoms with Crippen LogP contribution in [0.5, 0.6) is 11.5 Å². The van der Waals surface area contributed by atoms with Crippen LogP contribution in [0.4, 0.5) is 4.39 Å². The fraction of sp³-hybridized carbons (Fsp3) is 0.250. The molecule has 1 heterocycles. The maximum atomic E-state index is 13.4. The lowest BCUT2D eigenvalue weighted by Gasteiger charge is -2.07. The Kier molecular flexibility index (Phi) is 6.30. The first kappa shape index (κ1) is 19.9. The van der Waals surface area contributed by atoms with Crippen molar-refractivity contribution in [2.24, 2.45) is 0 Å². The SMILES string of the molecule is COc1ccc(F)cc1C(=O)CSc1nnc(COc2cc(C)ccc2C)o1. The Morgan fingerprint density at radius 1 is 1.14 bits per heavy atom. The Labute approximate surface area is 166 Å². The van der Waals surface area contributed by atoms with Crippen molar-refractivity contribution in [3.8, 4) is 11.5 Å². The molecule has 3 aromatic rings. The summed E-state index contributed by atoms with van der Waals surface area (Å²) in [6.07, 6.45) is 0. The maximum absolute atomic E-state index is 13.4. The van der Waals surface area contributed by atoms with Crippen LogP contribution >= 0.6 is 11.8 Å². The zero-order valence-electron chi connectivity index (χ0n) is 15.7. The average Bonchev–Trinajstić information content (AvgIpc) is 3.14. The van der Waals surface area contributed by atoms with Crippen LogP contribution in [0, 0.1) is 19.7 Å². The van der Waals surface area contributed by atoms with Crippen molar-refractivity contribution >= 4 is 17.5 Å². The van der Waals surface area contributed by atoms with Crippen molar-refractivity contribution in [3.05, 3.63) is 64.8 Å². The predicted molar refractivity (Wildman–Crippen MR) is 103 cm³/mol. The van der Waals surface area contributed by atoms with Crippen LogP contribution in [0.15, 0.2) is 46.0 Å². The molecule has 0 atom stereocenters. The smallest absolute Gasteiger partial charge is 0.277 e. The summed E-state index contributed by atoms with van der Waals surface area (Å²) in [7, 11) is 1.43. The first-order chi connectivity index (χ1) is 13.5. The van der Waals surface area contributed by atoms with E-state index < -0.39 is 5.82 Å². The van der Waals surface area contributed by atoms with Gasteiger partial charge >= 0.3 is 0 Å². The monoisotopic (exact) mass is 402 g/mol. The molecule has 0 saturated heterocycles. The molecular weight excluding hydrogens is 383 g/mol. The molecule has 0 aliphatic rings. The number of thioether (sulfide) groups is 1. The normalized spacial score (nSPS) is 10.7. The summed E-state index contributed by atoms with van der Waals surface area (Å²) in [4.78, 5) is 12.4. The van der Waals surface area contributed by atoms with Crippen LogP contribution in [-0.2, 0) is 6.61 Å². The molecule has 6 nitrogen and oxygen atoms in total. The van der Waals surface area contributed by atoms with Crippen molar-refractivity contribution in [2.75, 3.05) is 12.9 Å². The van der Waals surface area contributed by atoms with E-state index in [1.165, 1.54) is 19.2 Å². The summed E-state index contributed by atoms with van der Waals surface area (Å²) >= 11 is 1.07. The molecule has 0 N–H and O–H groups in total. The maximum Gasteiger partial charge on any atom is 0.277 e. The number of halogens is 1. The van der Waals surface area contributed by atoms with E-state index in [1.54, 1.807) is 0 Å². The van der Waals surface area contributed by atoms with Crippen LogP contribution in [0.3, 0.4) is 0 Å². The van der Waals surface area contributed by atoms with Gasteiger partial charge in [-0.25, -0.2) is 4.39 Å². The van der Waals surface area contributed by atoms with Crippen molar-refractivity contribution in [2.45, 2.75) is 25.7 Å². The van der Waals surface area contributed by atoms with Gasteiger partial charge in [0.05, 0.1) is 18.4 Å². The number of methoxy groups -OCH3 is 1. The van der Waals surface area contributed by atoms with Gasteiger partial charge in [-0.05, 0) is 49.2 Å². The highest BCUT2D eigenvalue weighted by atomic mass is 32.2. The van der Waals surface area contributed by atoms with E-state index in [0.717, 1.165) is 34.7 Å². The van der Waals surface area contributed by atoms with Crippen molar-refractivity contribution < 1.29 is 23.1 Å². The van der Waals surface area contributed by atoms with Gasteiger partial charge < -0.3 is 13.9 Å². The van der Waals surface area contributed by atoms with Gasteiger partial charge in [0.15, 0.2) is 12.4 Å². The standard InChI is InChI=1S/C20H19FN2O4S/c1-12-4-5-13(2)18(8-12)26-10-19-22-23-20(27-19)28-11-16(24)15-9-14(21)6-7-17(15)25-3/h4-9H,10-11H2,1-3H3. The van der Waals surface area contributed by atoms with Crippen molar-refractivity contribution in [3.63, 3.8) is 0 Å². The molecule has 8 heteroatoms. The highest BCUT2D eigenvalue weighted by molar-refractivity contribution is 7.99. The van der Waals surface area contributed by atoms with Gasteiger partial charge in [0, 0.05) is 0 Å². The lowest BCUT2D eigenvalue weighted by Crippen LogP contribution is -2.05. The van der Waals surface area contributed by atoms with Gasteiger partial charge in [0.25, 0.3) is 11.1 Å². The second-order valence-corrected chi connectivity index (χ2v) is 7.00. The number of aryl methyl sites for hydroxylation is 2. The zero-order chi connectivity index (χ0) is 20.1. The lowest BCUT2D eigenvalue weighted by atomic mass is 10.1. The number of Topliss-reactive ketones (excluding diaryl/α,β-unsaturated/α-hetero) is 1. The number of carbonyl (C=O) groups excluding carboxylic acids is 1. The molecule has 0 spiro atoms. The van der Waals surface area contributed by atoms with Crippen LogP contribution in [-0.4, -0.2) is 28.8 Å². The van der Waals surface area contributed by atoms with E-state index in [1.807, 2.05) is 32.0 Å². The molecule has 0 amide bonds. The quantitative estimate of drug-likeness (QED) is 0.409. The summed E-state index contributed by atoms with van der Waals surface area (Å²) in [6, 6.07) is 9.73. The minimum atomic E-state index is -0.502. The van der Waals surface area contributed by atoms with Crippen LogP contribution in [0.25, 0.3) is 0 Å². The molecule has 0 fully saturated rings. The molecule has 146 valence electrons. The zero-order valence-corrected chi connectivity index (χ0v) is 16.5. The van der Waals surface area contributed by atoms with Gasteiger partial charge in [0.1, 0.15) is 17.3 Å². The molecule has 0 aliphatic heterocycles. The Morgan fingerprint density at radius 2 is 1.96 bits per heavy atom. The van der Waals surface area contributed by atoms with Gasteiger partial charge in [-0.2, -0.15) is 0 Å². The van der Waals surface area contributed by atoms with Gasteiger partial charge in [0.2, 0.25) is 0 Å². The van der Waals surface area contributed by atoms with Gasteiger partial charge in [-0.1, -0.05) is 23.9 Å². The number of benzene rings is 2. The molecule has 3 rings (SSSR count). The van der Waals surface area contributed by atoms with E-state index in [4.69, 9.17) is 13.9 Å². The van der Waals surface area contributed by atoms with E-state index in [0.29, 0.717) is 11.6 Å². The van der Waals surface area contributed by atoms with Gasteiger partial charge in [-0.3, -0.25) is 4.79 Å². The molecule has 0 saturated carbocycles. The summed E-state index contributed by atoms with van der Waals surface area (Å²) < 4.78 is 29.7. The fourth-order valence-corrected chi connectivity index (χ4v) is 3.12. The lowest BCUT2D eigenvalue weighted by molar-refractivity contribution is 0.101. The minimum absolute atomic E-state index is 0.0132. The first-order valence-electron chi connectivity index (χ1n) is 8.48. The Balaban J connectivity index is 1.58. The van der Waals surface area contributed by atoms with Crippen molar-refractivity contribution in [1.29, 1.82) is 0 Å². The highest BCUT2D eigenvalue weighted by Gasteiger charge is 2.16. The fourth-order valence-electron chi connectivity index (χ4n) is 2.46. The van der Waals surface area contributed by atoms with Crippen molar-refractivity contribution in [1.82, 2.24) is 10.2 Å². The number of hydrogen-bond acceptors (Lipinski definition) is 7. The molecular formula is C20H19FN2O4S. The summed E-state index contributed by atoms with van der Waals surface area (Å²) in [6.45, 7) is 4.07. The number of nitrogens with zero attached hydrogens (tertiary/aromatic N) is 2. The summed E-state index contributed by atoms with van der Waals surface area (Å²) in [5, 5.41) is 8.07. The van der Waals surface area contributed by atoms with E-state index >= 15 is 0 Å². The van der Waals surface area contributed by atoms with E-state index in [-0.39, 0.29) is 28.9 Å². The topological polar surface area (TPSA) is 74.5 Å². The molecule has 2 aromatic carbocycles. The Morgan fingerprint density at radius 3 is 2.75 bits per heavy atom. The Bertz CT molecular complexity index is 990. The highest BCUT2D eigenvalue weighted by Crippen LogP contribution is 2.24. The number of ketones is 1. The molecule has 0 aliphatic carbocycles. The first-order valence-corrected chi connectivity index (χ1v) is 9.47. The van der Waals surface area contributed by atoms with Gasteiger partial charge in [-0.15, -0.1) is 10.2 Å². The van der Waals surface area contributed by atoms with E-state index in [2.05, 4.69) is 10.2 Å². The third kappa shape index (κ3) is 4.89. The van der Waals surface area contributed by atoms with Crippen LogP contribution in [0.1, 0.15) is 27.4 Å². The minimum Gasteiger partial charge on any atom is -0.496 e. The second kappa shape index (κ2) is 8.88. The molecule has 0 radical (unpaired) electrons. The predicted octanol–water partition coefficient (Wildman–Crippen LogP) is 4.39. The number of carbonyl (C=O) groups is 1. The third-order valence-electron chi connectivity index (χ3n) is 3.93. The second-order valence-electron chi connectivity index (χ2n) is 6.08. The molecule has 28 heavy (non-hydrogen) atoms. The number of rotatable bonds is 8. The van der Waals surface area contributed by atoms with Crippen LogP contribution in [0.2, 0.25) is 0 Å². The summed E-state index contributed by atoms with van der Waals surface area (Å²) in [5.74, 6) is 0.588. The Hall–Kier alpha value is -2.87. The largest absolute Gasteiger partial charge is 0.496 e. The molecule has 0 bridgehead atoms.